The van der Waals surface area contributed by atoms with Gasteiger partial charge < -0.3 is 4.74 Å². The summed E-state index contributed by atoms with van der Waals surface area (Å²) >= 11 is 0. The molecule has 1 unspecified atom stereocenters. The third-order valence-corrected chi connectivity index (χ3v) is 4.40. The molecule has 1 aromatic rings. The van der Waals surface area contributed by atoms with Crippen LogP contribution >= 0.6 is 21.8 Å². The van der Waals surface area contributed by atoms with Crippen molar-refractivity contribution in [1.29, 1.82) is 0 Å². The van der Waals surface area contributed by atoms with E-state index in [1.807, 2.05) is 18.2 Å². The van der Waals surface area contributed by atoms with Crippen molar-refractivity contribution in [1.82, 2.24) is 4.72 Å². The molecule has 0 radical (unpaired) electrons. The maximum absolute atomic E-state index is 11.1. The molecule has 0 bridgehead atoms. The molecule has 1 atom stereocenters. The Labute approximate surface area is 116 Å². The highest BCUT2D eigenvalue weighted by molar-refractivity contribution is 8.76. The van der Waals surface area contributed by atoms with E-state index in [9.17, 15) is 4.79 Å². The average molecular weight is 283 g/mol. The highest BCUT2D eigenvalue weighted by Crippen LogP contribution is 2.26. The van der Waals surface area contributed by atoms with Crippen LogP contribution in [0.1, 0.15) is 12.5 Å². The normalized spacial score (nSPS) is 11.6. The second-order valence-corrected chi connectivity index (χ2v) is 6.11. The lowest BCUT2D eigenvalue weighted by Gasteiger charge is -2.10. The number of carbonyl (C=O) groups is 1. The van der Waals surface area contributed by atoms with Crippen molar-refractivity contribution in [2.75, 3.05) is 6.61 Å². The summed E-state index contributed by atoms with van der Waals surface area (Å²) in [5.74, 6) is 0. The van der Waals surface area contributed by atoms with Crippen molar-refractivity contribution >= 4 is 27.9 Å². The number of nitrogens with one attached hydrogen (secondary N) is 1. The Morgan fingerprint density at radius 1 is 1.50 bits per heavy atom. The van der Waals surface area contributed by atoms with Gasteiger partial charge in [-0.2, -0.15) is 0 Å². The first-order valence-electron chi connectivity index (χ1n) is 5.62. The molecule has 0 aliphatic carbocycles. The van der Waals surface area contributed by atoms with Gasteiger partial charge in [0.2, 0.25) is 0 Å². The molecule has 0 heterocycles. The lowest BCUT2D eigenvalue weighted by molar-refractivity contribution is 0.166. The molecular weight excluding hydrogens is 266 g/mol. The largest absolute Gasteiger partial charge is 0.445 e. The Morgan fingerprint density at radius 2 is 2.22 bits per heavy atom. The lowest BCUT2D eigenvalue weighted by atomic mass is 10.1. The van der Waals surface area contributed by atoms with Crippen LogP contribution in [0.5, 0.6) is 0 Å². The summed E-state index contributed by atoms with van der Waals surface area (Å²) in [6.45, 7) is 5.83. The van der Waals surface area contributed by atoms with E-state index in [1.165, 1.54) is 22.6 Å². The predicted molar refractivity (Wildman–Crippen MR) is 79.5 cm³/mol. The third kappa shape index (κ3) is 6.61. The molecule has 1 rings (SSSR count). The maximum Gasteiger partial charge on any atom is 0.418 e. The minimum Gasteiger partial charge on any atom is -0.445 e. The molecule has 1 N–H and O–H groups in total. The first-order valence-corrected chi connectivity index (χ1v) is 7.83. The molecule has 5 heteroatoms. The monoisotopic (exact) mass is 283 g/mol. The van der Waals surface area contributed by atoms with E-state index in [0.29, 0.717) is 5.25 Å². The Hall–Kier alpha value is -1.07. The average Bonchev–Trinajstić information content (AvgIpc) is 2.37. The second kappa shape index (κ2) is 8.94. The molecule has 1 aromatic carbocycles. The Balaban J connectivity index is 2.15. The van der Waals surface area contributed by atoms with E-state index in [-0.39, 0.29) is 6.61 Å². The third-order valence-electron chi connectivity index (χ3n) is 2.04. The van der Waals surface area contributed by atoms with Crippen molar-refractivity contribution in [2.45, 2.75) is 18.6 Å². The van der Waals surface area contributed by atoms with Gasteiger partial charge in [-0.15, -0.1) is 0 Å². The summed E-state index contributed by atoms with van der Waals surface area (Å²) in [7, 11) is 2.91. The number of benzene rings is 1. The van der Waals surface area contributed by atoms with Crippen LogP contribution in [0.15, 0.2) is 43.0 Å². The summed E-state index contributed by atoms with van der Waals surface area (Å²) in [5, 5.41) is 0.414. The Morgan fingerprint density at radius 3 is 2.89 bits per heavy atom. The van der Waals surface area contributed by atoms with Crippen LogP contribution in [-0.4, -0.2) is 18.0 Å². The van der Waals surface area contributed by atoms with E-state index in [1.54, 1.807) is 10.8 Å². The molecule has 0 fully saturated rings. The van der Waals surface area contributed by atoms with Crippen LogP contribution in [0.25, 0.3) is 0 Å². The van der Waals surface area contributed by atoms with E-state index in [4.69, 9.17) is 4.74 Å². The van der Waals surface area contributed by atoms with Crippen molar-refractivity contribution in [2.24, 2.45) is 0 Å². The van der Waals surface area contributed by atoms with Gasteiger partial charge in [0.05, 0.1) is 0 Å². The van der Waals surface area contributed by atoms with Gasteiger partial charge in [0.25, 0.3) is 0 Å². The zero-order chi connectivity index (χ0) is 13.2. The van der Waals surface area contributed by atoms with Crippen LogP contribution in [0.2, 0.25) is 0 Å². The topological polar surface area (TPSA) is 38.3 Å². The van der Waals surface area contributed by atoms with E-state index in [0.717, 1.165) is 6.42 Å². The van der Waals surface area contributed by atoms with Gasteiger partial charge in [0.1, 0.15) is 6.61 Å². The van der Waals surface area contributed by atoms with E-state index >= 15 is 0 Å². The summed E-state index contributed by atoms with van der Waals surface area (Å²) in [6, 6.07) is 10.3. The number of rotatable bonds is 7. The second-order valence-electron chi connectivity index (χ2n) is 3.67. The molecule has 18 heavy (non-hydrogen) atoms. The fraction of sp³-hybridized carbons (Fsp3) is 0.308. The van der Waals surface area contributed by atoms with Crippen molar-refractivity contribution < 1.29 is 9.53 Å². The summed E-state index contributed by atoms with van der Waals surface area (Å²) in [4.78, 5) is 11.1. The minimum absolute atomic E-state index is 0.233. The van der Waals surface area contributed by atoms with Crippen molar-refractivity contribution in [3.8, 4) is 0 Å². The summed E-state index contributed by atoms with van der Waals surface area (Å²) < 4.78 is 7.39. The molecule has 0 spiro atoms. The van der Waals surface area contributed by atoms with Crippen LogP contribution in [0.4, 0.5) is 4.79 Å². The van der Waals surface area contributed by atoms with Gasteiger partial charge in [0.15, 0.2) is 0 Å². The molecule has 0 aromatic heterocycles. The van der Waals surface area contributed by atoms with Crippen LogP contribution < -0.4 is 4.72 Å². The predicted octanol–water partition coefficient (Wildman–Crippen LogP) is 3.83. The lowest BCUT2D eigenvalue weighted by Crippen LogP contribution is -2.16. The highest BCUT2D eigenvalue weighted by Gasteiger charge is 2.06. The van der Waals surface area contributed by atoms with Gasteiger partial charge in [-0.05, 0) is 12.0 Å². The van der Waals surface area contributed by atoms with E-state index in [2.05, 4.69) is 30.4 Å². The number of carbonyl (C=O) groups excluding carboxylic acids is 1. The maximum atomic E-state index is 11.1. The van der Waals surface area contributed by atoms with E-state index < -0.39 is 6.09 Å². The zero-order valence-corrected chi connectivity index (χ0v) is 11.9. The summed E-state index contributed by atoms with van der Waals surface area (Å²) in [5.41, 5.74) is 1.30. The molecule has 3 nitrogen and oxygen atoms in total. The Bertz CT molecular complexity index is 371. The van der Waals surface area contributed by atoms with Gasteiger partial charge >= 0.3 is 6.09 Å². The quantitative estimate of drug-likeness (QED) is 0.469. The Kier molecular flexibility index (Phi) is 7.44. The number of ether oxygens (including phenoxy) is 1. The molecule has 0 saturated carbocycles. The highest BCUT2D eigenvalue weighted by atomic mass is 33.1. The van der Waals surface area contributed by atoms with Crippen molar-refractivity contribution in [3.63, 3.8) is 0 Å². The van der Waals surface area contributed by atoms with Crippen LogP contribution in [0, 0.1) is 0 Å². The number of hydrogen-bond acceptors (Lipinski definition) is 4. The van der Waals surface area contributed by atoms with Crippen LogP contribution in [0.3, 0.4) is 0 Å². The van der Waals surface area contributed by atoms with Gasteiger partial charge in [-0.1, -0.05) is 60.7 Å². The van der Waals surface area contributed by atoms with Gasteiger partial charge in [0, 0.05) is 16.2 Å². The number of amides is 1. The SMILES string of the molecule is C=CCOC(=O)NSSC(C)Cc1ccccc1. The molecule has 1 amide bonds. The zero-order valence-electron chi connectivity index (χ0n) is 10.3. The van der Waals surface area contributed by atoms with Crippen LogP contribution in [-0.2, 0) is 11.2 Å². The molecule has 98 valence electrons. The fourth-order valence-electron chi connectivity index (χ4n) is 1.28. The van der Waals surface area contributed by atoms with Gasteiger partial charge in [-0.3, -0.25) is 4.72 Å². The molecule has 0 aliphatic heterocycles. The summed E-state index contributed by atoms with van der Waals surface area (Å²) in [6.07, 6.45) is 2.08. The molecular formula is C13H17NO2S2. The van der Waals surface area contributed by atoms with Gasteiger partial charge in [-0.25, -0.2) is 4.79 Å². The smallest absolute Gasteiger partial charge is 0.418 e. The van der Waals surface area contributed by atoms with Crippen molar-refractivity contribution in [3.05, 3.63) is 48.6 Å². The fourth-order valence-corrected chi connectivity index (χ4v) is 2.93. The first kappa shape index (κ1) is 15.0. The standard InChI is InChI=1S/C13H17NO2S2/c1-3-9-16-13(15)14-18-17-11(2)10-12-7-5-4-6-8-12/h3-8,11H,1,9-10H2,2H3,(H,14,15). The first-order chi connectivity index (χ1) is 8.72. The minimum atomic E-state index is -0.431. The molecule has 0 saturated heterocycles. The molecule has 0 aliphatic rings. The number of hydrogen-bond donors (Lipinski definition) is 1.